The number of benzene rings is 1. The second-order valence-electron chi connectivity index (χ2n) is 7.33. The third-order valence-corrected chi connectivity index (χ3v) is 7.87. The van der Waals surface area contributed by atoms with Crippen LogP contribution in [0.1, 0.15) is 25.8 Å². The number of rotatable bonds is 4. The van der Waals surface area contributed by atoms with Crippen LogP contribution in [0.2, 0.25) is 5.02 Å². The first-order valence-electron chi connectivity index (χ1n) is 8.55. The first kappa shape index (κ1) is 20.3. The van der Waals surface area contributed by atoms with Crippen molar-refractivity contribution in [3.63, 3.8) is 0 Å². The second kappa shape index (κ2) is 7.54. The molecule has 27 heavy (non-hydrogen) atoms. The minimum atomic E-state index is -3.69. The Bertz CT molecular complexity index is 917. The van der Waals surface area contributed by atoms with Gasteiger partial charge in [-0.1, -0.05) is 43.7 Å². The molecule has 1 aliphatic heterocycles. The summed E-state index contributed by atoms with van der Waals surface area (Å²) in [5.41, 5.74) is -0.0514. The third kappa shape index (κ3) is 4.21. The highest BCUT2D eigenvalue weighted by Crippen LogP contribution is 2.32. The van der Waals surface area contributed by atoms with E-state index < -0.39 is 10.0 Å². The molecule has 10 heteroatoms. The molecule has 1 aliphatic rings. The Labute approximate surface area is 169 Å². The fourth-order valence-electron chi connectivity index (χ4n) is 2.76. The summed E-state index contributed by atoms with van der Waals surface area (Å²) >= 11 is 7.56. The highest BCUT2D eigenvalue weighted by atomic mass is 35.5. The molecule has 0 bridgehead atoms. The molecule has 1 saturated heterocycles. The summed E-state index contributed by atoms with van der Waals surface area (Å²) in [6.45, 7) is 8.13. The Hall–Kier alpha value is -1.42. The molecule has 0 aliphatic carbocycles. The molecule has 2 aromatic rings. The molecule has 0 amide bonds. The molecular weight excluding hydrogens is 408 g/mol. The predicted molar refractivity (Wildman–Crippen MR) is 108 cm³/mol. The number of halogens is 1. The van der Waals surface area contributed by atoms with Gasteiger partial charge < -0.3 is 9.64 Å². The SMILES string of the molecule is COc1ccc(Cl)cc1S(=O)(=O)N1CCN(c2nnc(C(C)(C)C)s2)CC1. The van der Waals surface area contributed by atoms with Gasteiger partial charge in [-0.05, 0) is 18.2 Å². The fraction of sp³-hybridized carbons (Fsp3) is 0.529. The summed E-state index contributed by atoms with van der Waals surface area (Å²) < 4.78 is 32.8. The van der Waals surface area contributed by atoms with Gasteiger partial charge in [0.1, 0.15) is 15.7 Å². The molecular formula is C17H23ClN4O3S2. The molecule has 0 spiro atoms. The zero-order chi connectivity index (χ0) is 19.8. The largest absolute Gasteiger partial charge is 0.495 e. The summed E-state index contributed by atoms with van der Waals surface area (Å²) in [5, 5.41) is 10.7. The average molecular weight is 431 g/mol. The summed E-state index contributed by atoms with van der Waals surface area (Å²) in [7, 11) is -2.24. The van der Waals surface area contributed by atoms with Crippen LogP contribution in [0.4, 0.5) is 5.13 Å². The summed E-state index contributed by atoms with van der Waals surface area (Å²) in [6, 6.07) is 4.61. The van der Waals surface area contributed by atoms with Gasteiger partial charge in [0.05, 0.1) is 7.11 Å². The zero-order valence-electron chi connectivity index (χ0n) is 15.8. The Kier molecular flexibility index (Phi) is 5.67. The molecule has 2 heterocycles. The number of anilines is 1. The van der Waals surface area contributed by atoms with Crippen molar-refractivity contribution in [3.05, 3.63) is 28.2 Å². The van der Waals surface area contributed by atoms with E-state index in [-0.39, 0.29) is 10.3 Å². The van der Waals surface area contributed by atoms with Crippen molar-refractivity contribution in [1.29, 1.82) is 0 Å². The van der Waals surface area contributed by atoms with Crippen molar-refractivity contribution in [1.82, 2.24) is 14.5 Å². The fourth-order valence-corrected chi connectivity index (χ4v) is 5.55. The number of piperazine rings is 1. The Morgan fingerprint density at radius 2 is 1.81 bits per heavy atom. The molecule has 0 saturated carbocycles. The molecule has 0 atom stereocenters. The van der Waals surface area contributed by atoms with Crippen LogP contribution in [0.25, 0.3) is 0 Å². The van der Waals surface area contributed by atoms with E-state index in [1.54, 1.807) is 23.5 Å². The topological polar surface area (TPSA) is 75.6 Å². The Morgan fingerprint density at radius 1 is 1.15 bits per heavy atom. The molecule has 1 aromatic carbocycles. The van der Waals surface area contributed by atoms with Crippen molar-refractivity contribution < 1.29 is 13.2 Å². The molecule has 3 rings (SSSR count). The van der Waals surface area contributed by atoms with Crippen molar-refractivity contribution in [3.8, 4) is 5.75 Å². The molecule has 1 aromatic heterocycles. The van der Waals surface area contributed by atoms with E-state index in [2.05, 4.69) is 35.9 Å². The molecule has 0 unspecified atom stereocenters. The maximum Gasteiger partial charge on any atom is 0.246 e. The molecule has 0 radical (unpaired) electrons. The predicted octanol–water partition coefficient (Wildman–Crippen LogP) is 3.01. The van der Waals surface area contributed by atoms with Gasteiger partial charge in [0.15, 0.2) is 0 Å². The summed E-state index contributed by atoms with van der Waals surface area (Å²) in [6.07, 6.45) is 0. The van der Waals surface area contributed by atoms with Crippen LogP contribution < -0.4 is 9.64 Å². The lowest BCUT2D eigenvalue weighted by atomic mass is 9.98. The molecule has 0 N–H and O–H groups in total. The summed E-state index contributed by atoms with van der Waals surface area (Å²) in [4.78, 5) is 2.17. The number of nitrogens with zero attached hydrogens (tertiary/aromatic N) is 4. The van der Waals surface area contributed by atoms with E-state index in [0.29, 0.717) is 37.0 Å². The summed E-state index contributed by atoms with van der Waals surface area (Å²) in [5.74, 6) is 0.292. The maximum absolute atomic E-state index is 13.0. The number of methoxy groups -OCH3 is 1. The van der Waals surface area contributed by atoms with Crippen LogP contribution >= 0.6 is 22.9 Å². The van der Waals surface area contributed by atoms with Gasteiger partial charge in [-0.2, -0.15) is 4.31 Å². The van der Waals surface area contributed by atoms with E-state index in [1.165, 1.54) is 17.5 Å². The van der Waals surface area contributed by atoms with Crippen LogP contribution in [-0.4, -0.2) is 56.2 Å². The van der Waals surface area contributed by atoms with Crippen molar-refractivity contribution in [2.75, 3.05) is 38.2 Å². The van der Waals surface area contributed by atoms with Crippen LogP contribution in [0.3, 0.4) is 0 Å². The highest BCUT2D eigenvalue weighted by molar-refractivity contribution is 7.89. The van der Waals surface area contributed by atoms with Crippen LogP contribution in [0.15, 0.2) is 23.1 Å². The van der Waals surface area contributed by atoms with Gasteiger partial charge in [-0.3, -0.25) is 0 Å². The van der Waals surface area contributed by atoms with E-state index in [1.807, 2.05) is 0 Å². The third-order valence-electron chi connectivity index (χ3n) is 4.31. The Balaban J connectivity index is 1.75. The number of aromatic nitrogens is 2. The van der Waals surface area contributed by atoms with Gasteiger partial charge in [0.2, 0.25) is 15.2 Å². The highest BCUT2D eigenvalue weighted by Gasteiger charge is 2.32. The van der Waals surface area contributed by atoms with E-state index in [4.69, 9.17) is 16.3 Å². The van der Waals surface area contributed by atoms with Gasteiger partial charge in [-0.15, -0.1) is 10.2 Å². The minimum absolute atomic E-state index is 0.0514. The molecule has 1 fully saturated rings. The van der Waals surface area contributed by atoms with Crippen molar-refractivity contribution in [2.24, 2.45) is 0 Å². The number of hydrogen-bond acceptors (Lipinski definition) is 7. The lowest BCUT2D eigenvalue weighted by Crippen LogP contribution is -2.48. The van der Waals surface area contributed by atoms with E-state index >= 15 is 0 Å². The smallest absolute Gasteiger partial charge is 0.246 e. The van der Waals surface area contributed by atoms with Crippen LogP contribution in [0.5, 0.6) is 5.75 Å². The quantitative estimate of drug-likeness (QED) is 0.742. The monoisotopic (exact) mass is 430 g/mol. The zero-order valence-corrected chi connectivity index (χ0v) is 18.2. The second-order valence-corrected chi connectivity index (χ2v) is 10.6. The number of sulfonamides is 1. The van der Waals surface area contributed by atoms with E-state index in [9.17, 15) is 8.42 Å². The van der Waals surface area contributed by atoms with Gasteiger partial charge in [0.25, 0.3) is 0 Å². The lowest BCUT2D eigenvalue weighted by molar-refractivity contribution is 0.374. The standard InChI is InChI=1S/C17H23ClN4O3S2/c1-17(2,3)15-19-20-16(26-15)21-7-9-22(10-8-21)27(23,24)14-11-12(18)5-6-13(14)25-4/h5-6,11H,7-10H2,1-4H3. The van der Waals surface area contributed by atoms with Crippen LogP contribution in [-0.2, 0) is 15.4 Å². The maximum atomic E-state index is 13.0. The van der Waals surface area contributed by atoms with Gasteiger partial charge in [0, 0.05) is 36.6 Å². The van der Waals surface area contributed by atoms with Gasteiger partial charge >= 0.3 is 0 Å². The normalized spacial score (nSPS) is 16.6. The first-order valence-corrected chi connectivity index (χ1v) is 11.2. The number of hydrogen-bond donors (Lipinski definition) is 0. The van der Waals surface area contributed by atoms with E-state index in [0.717, 1.165) is 10.1 Å². The van der Waals surface area contributed by atoms with Crippen LogP contribution in [0, 0.1) is 0 Å². The van der Waals surface area contributed by atoms with Crippen molar-refractivity contribution in [2.45, 2.75) is 31.1 Å². The minimum Gasteiger partial charge on any atom is -0.495 e. The lowest BCUT2D eigenvalue weighted by Gasteiger charge is -2.33. The average Bonchev–Trinajstić information content (AvgIpc) is 3.12. The Morgan fingerprint density at radius 3 is 2.37 bits per heavy atom. The van der Waals surface area contributed by atoms with Crippen molar-refractivity contribution >= 4 is 38.1 Å². The number of ether oxygens (including phenoxy) is 1. The van der Waals surface area contributed by atoms with Gasteiger partial charge in [-0.25, -0.2) is 8.42 Å². The molecule has 7 nitrogen and oxygen atoms in total. The molecule has 148 valence electrons. The first-order chi connectivity index (χ1) is 12.6.